The van der Waals surface area contributed by atoms with Crippen molar-refractivity contribution < 1.29 is 4.79 Å². The molecule has 0 atom stereocenters. The highest BCUT2D eigenvalue weighted by atomic mass is 79.9. The topological polar surface area (TPSA) is 41.1 Å². The smallest absolute Gasteiger partial charge is 0.250 e. The first-order valence-electron chi connectivity index (χ1n) is 7.99. The second kappa shape index (κ2) is 9.26. The van der Waals surface area contributed by atoms with Crippen LogP contribution >= 0.6 is 39.1 Å². The average Bonchev–Trinajstić information content (AvgIpc) is 2.63. The number of amides is 1. The summed E-state index contributed by atoms with van der Waals surface area (Å²) in [7, 11) is 1.59. The number of carbonyl (C=O) groups excluding carboxylic acids is 1. The van der Waals surface area contributed by atoms with Crippen LogP contribution < -0.4 is 10.6 Å². The third-order valence-corrected chi connectivity index (χ3v) is 4.92. The monoisotopic (exact) mass is 452 g/mol. The van der Waals surface area contributed by atoms with E-state index >= 15 is 0 Å². The SMILES string of the molecule is C=C(C(=O)NC)/C(CC)=C(\Nc1ccc(Cl)cc1Cl)c1ccc(Br)cc1. The zero-order valence-electron chi connectivity index (χ0n) is 14.5. The summed E-state index contributed by atoms with van der Waals surface area (Å²) in [4.78, 5) is 12.1. The lowest BCUT2D eigenvalue weighted by Gasteiger charge is -2.19. The van der Waals surface area contributed by atoms with Gasteiger partial charge in [-0.05, 0) is 47.9 Å². The Bertz CT molecular complexity index is 861. The molecule has 0 aliphatic rings. The summed E-state index contributed by atoms with van der Waals surface area (Å²) in [5.74, 6) is -0.222. The Morgan fingerprint density at radius 3 is 2.35 bits per heavy atom. The van der Waals surface area contributed by atoms with Gasteiger partial charge in [0.05, 0.1) is 10.7 Å². The van der Waals surface area contributed by atoms with Gasteiger partial charge in [0.25, 0.3) is 5.91 Å². The maximum atomic E-state index is 12.1. The van der Waals surface area contributed by atoms with Crippen LogP contribution in [0.15, 0.2) is 64.7 Å². The van der Waals surface area contributed by atoms with Crippen molar-refractivity contribution in [1.29, 1.82) is 0 Å². The fraction of sp³-hybridized carbons (Fsp3) is 0.150. The van der Waals surface area contributed by atoms with Gasteiger partial charge in [0.15, 0.2) is 0 Å². The molecule has 0 saturated heterocycles. The van der Waals surface area contributed by atoms with Crippen LogP contribution in [0, 0.1) is 0 Å². The number of benzene rings is 2. The number of likely N-dealkylation sites (N-methyl/N-ethyl adjacent to an activating group) is 1. The van der Waals surface area contributed by atoms with Crippen LogP contribution in [0.3, 0.4) is 0 Å². The van der Waals surface area contributed by atoms with Crippen molar-refractivity contribution in [2.45, 2.75) is 13.3 Å². The van der Waals surface area contributed by atoms with Crippen LogP contribution in [0.25, 0.3) is 5.70 Å². The van der Waals surface area contributed by atoms with E-state index < -0.39 is 0 Å². The van der Waals surface area contributed by atoms with E-state index in [0.29, 0.717) is 27.7 Å². The van der Waals surface area contributed by atoms with Crippen LogP contribution in [0.5, 0.6) is 0 Å². The molecule has 26 heavy (non-hydrogen) atoms. The zero-order valence-corrected chi connectivity index (χ0v) is 17.6. The molecule has 0 bridgehead atoms. The molecule has 0 aromatic heterocycles. The Kier molecular flexibility index (Phi) is 7.33. The highest BCUT2D eigenvalue weighted by molar-refractivity contribution is 9.10. The van der Waals surface area contributed by atoms with Gasteiger partial charge in [-0.25, -0.2) is 0 Å². The molecule has 2 N–H and O–H groups in total. The number of hydrogen-bond donors (Lipinski definition) is 2. The van der Waals surface area contributed by atoms with Gasteiger partial charge in [-0.2, -0.15) is 0 Å². The molecule has 0 radical (unpaired) electrons. The van der Waals surface area contributed by atoms with Gasteiger partial charge >= 0.3 is 0 Å². The summed E-state index contributed by atoms with van der Waals surface area (Å²) in [6.07, 6.45) is 0.621. The minimum Gasteiger partial charge on any atom is -0.355 e. The molecular formula is C20H19BrCl2N2O. The second-order valence-corrected chi connectivity index (χ2v) is 7.28. The van der Waals surface area contributed by atoms with Crippen molar-refractivity contribution >= 4 is 56.4 Å². The summed E-state index contributed by atoms with van der Waals surface area (Å²) in [6.45, 7) is 5.95. The third kappa shape index (κ3) is 4.91. The molecule has 6 heteroatoms. The number of anilines is 1. The summed E-state index contributed by atoms with van der Waals surface area (Å²) >= 11 is 15.8. The van der Waals surface area contributed by atoms with Crippen molar-refractivity contribution in [3.05, 3.63) is 80.3 Å². The number of nitrogens with one attached hydrogen (secondary N) is 2. The summed E-state index contributed by atoms with van der Waals surface area (Å²) < 4.78 is 0.966. The molecule has 1 amide bonds. The molecule has 2 aromatic carbocycles. The number of hydrogen-bond acceptors (Lipinski definition) is 2. The van der Waals surface area contributed by atoms with E-state index in [1.165, 1.54) is 0 Å². The lowest BCUT2D eigenvalue weighted by Crippen LogP contribution is -2.21. The van der Waals surface area contributed by atoms with E-state index in [0.717, 1.165) is 21.3 Å². The molecule has 0 fully saturated rings. The fourth-order valence-electron chi connectivity index (χ4n) is 2.49. The van der Waals surface area contributed by atoms with Gasteiger partial charge in [-0.3, -0.25) is 4.79 Å². The molecule has 0 spiro atoms. The third-order valence-electron chi connectivity index (χ3n) is 3.84. The van der Waals surface area contributed by atoms with Gasteiger partial charge in [-0.15, -0.1) is 0 Å². The van der Waals surface area contributed by atoms with Crippen LogP contribution in [-0.2, 0) is 4.79 Å². The summed E-state index contributed by atoms with van der Waals surface area (Å²) in [5, 5.41) is 7.03. The normalized spacial score (nSPS) is 11.6. The Balaban J connectivity index is 2.60. The first-order valence-corrected chi connectivity index (χ1v) is 9.54. The largest absolute Gasteiger partial charge is 0.355 e. The van der Waals surface area contributed by atoms with Gasteiger partial charge < -0.3 is 10.6 Å². The Morgan fingerprint density at radius 2 is 1.81 bits per heavy atom. The van der Waals surface area contributed by atoms with E-state index in [9.17, 15) is 4.79 Å². The van der Waals surface area contributed by atoms with Crippen molar-refractivity contribution in [3.63, 3.8) is 0 Å². The standard InChI is InChI=1S/C20H19BrCl2N2O/c1-4-16(12(2)20(26)24-3)19(13-5-7-14(21)8-6-13)25-18-10-9-15(22)11-17(18)23/h5-11,25H,2,4H2,1,3H3,(H,24,26)/b19-16-. The molecule has 2 rings (SSSR count). The van der Waals surface area contributed by atoms with E-state index in [2.05, 4.69) is 33.1 Å². The molecule has 0 aliphatic heterocycles. The van der Waals surface area contributed by atoms with E-state index in [-0.39, 0.29) is 5.91 Å². The second-order valence-electron chi connectivity index (χ2n) is 5.52. The quantitative estimate of drug-likeness (QED) is 0.398. The van der Waals surface area contributed by atoms with Crippen molar-refractivity contribution in [2.75, 3.05) is 12.4 Å². The first-order chi connectivity index (χ1) is 12.4. The summed E-state index contributed by atoms with van der Waals surface area (Å²) in [5.41, 5.74) is 3.60. The van der Waals surface area contributed by atoms with Gasteiger partial charge in [0.1, 0.15) is 0 Å². The number of carbonyl (C=O) groups is 1. The molecule has 2 aromatic rings. The van der Waals surface area contributed by atoms with Gasteiger partial charge in [0.2, 0.25) is 0 Å². The van der Waals surface area contributed by atoms with Crippen LogP contribution in [0.2, 0.25) is 10.0 Å². The molecule has 0 heterocycles. The van der Waals surface area contributed by atoms with Gasteiger partial charge in [0, 0.05) is 27.8 Å². The minimum atomic E-state index is -0.222. The van der Waals surface area contributed by atoms with Crippen molar-refractivity contribution in [1.82, 2.24) is 5.32 Å². The predicted molar refractivity (Wildman–Crippen MR) is 115 cm³/mol. The highest BCUT2D eigenvalue weighted by Crippen LogP contribution is 2.32. The first kappa shape index (κ1) is 20.6. The minimum absolute atomic E-state index is 0.222. The van der Waals surface area contributed by atoms with E-state index in [1.54, 1.807) is 25.2 Å². The Morgan fingerprint density at radius 1 is 1.15 bits per heavy atom. The average molecular weight is 454 g/mol. The van der Waals surface area contributed by atoms with Crippen LogP contribution in [0.4, 0.5) is 5.69 Å². The fourth-order valence-corrected chi connectivity index (χ4v) is 3.21. The molecule has 136 valence electrons. The van der Waals surface area contributed by atoms with E-state index in [4.69, 9.17) is 23.2 Å². The maximum Gasteiger partial charge on any atom is 0.250 e. The number of halogens is 3. The highest BCUT2D eigenvalue weighted by Gasteiger charge is 2.17. The lowest BCUT2D eigenvalue weighted by atomic mass is 9.97. The predicted octanol–water partition coefficient (Wildman–Crippen LogP) is 6.29. The molecular weight excluding hydrogens is 435 g/mol. The lowest BCUT2D eigenvalue weighted by molar-refractivity contribution is -0.116. The van der Waals surface area contributed by atoms with E-state index in [1.807, 2.05) is 31.2 Å². The van der Waals surface area contributed by atoms with Crippen LogP contribution in [-0.4, -0.2) is 13.0 Å². The molecule has 0 unspecified atom stereocenters. The van der Waals surface area contributed by atoms with Crippen molar-refractivity contribution in [2.24, 2.45) is 0 Å². The molecule has 3 nitrogen and oxygen atoms in total. The Labute approximate surface area is 172 Å². The Hall–Kier alpha value is -1.75. The number of rotatable bonds is 6. The maximum absolute atomic E-state index is 12.1. The molecule has 0 saturated carbocycles. The molecule has 0 aliphatic carbocycles. The zero-order chi connectivity index (χ0) is 19.3. The van der Waals surface area contributed by atoms with Gasteiger partial charge in [-0.1, -0.05) is 64.8 Å². The summed E-state index contributed by atoms with van der Waals surface area (Å²) in [6, 6.07) is 13.0. The van der Waals surface area contributed by atoms with Crippen LogP contribution in [0.1, 0.15) is 18.9 Å². The van der Waals surface area contributed by atoms with Crippen molar-refractivity contribution in [3.8, 4) is 0 Å².